The van der Waals surface area contributed by atoms with Crippen LogP contribution in [0.4, 0.5) is 11.6 Å². The summed E-state index contributed by atoms with van der Waals surface area (Å²) in [6.07, 6.45) is 5.83. The van der Waals surface area contributed by atoms with E-state index in [0.717, 1.165) is 0 Å². The van der Waals surface area contributed by atoms with Crippen molar-refractivity contribution in [3.05, 3.63) is 30.9 Å². The van der Waals surface area contributed by atoms with E-state index in [1.165, 1.54) is 24.8 Å². The Morgan fingerprint density at radius 3 is 2.89 bits per heavy atom. The Balaban J connectivity index is 2.35. The van der Waals surface area contributed by atoms with Gasteiger partial charge >= 0.3 is 0 Å². The predicted octanol–water partition coefficient (Wildman–Crippen LogP) is 1.04. The van der Waals surface area contributed by atoms with Crippen LogP contribution in [-0.4, -0.2) is 29.9 Å². The number of pyridine rings is 1. The lowest BCUT2D eigenvalue weighted by Crippen LogP contribution is -2.16. The minimum Gasteiger partial charge on any atom is -0.384 e. The number of imidazole rings is 1. The second kappa shape index (κ2) is 5.05. The van der Waals surface area contributed by atoms with E-state index < -0.39 is 10.0 Å². The van der Waals surface area contributed by atoms with Crippen LogP contribution in [0, 0.1) is 0 Å². The molecule has 96 valence electrons. The van der Waals surface area contributed by atoms with E-state index >= 15 is 0 Å². The largest absolute Gasteiger partial charge is 0.384 e. The number of hydrogen-bond acceptors (Lipinski definition) is 5. The van der Waals surface area contributed by atoms with Gasteiger partial charge in [0, 0.05) is 31.3 Å². The van der Waals surface area contributed by atoms with Crippen LogP contribution in [0.15, 0.2) is 35.7 Å². The average molecular weight is 267 g/mol. The van der Waals surface area contributed by atoms with E-state index in [0.29, 0.717) is 12.2 Å². The van der Waals surface area contributed by atoms with Gasteiger partial charge in [0.25, 0.3) is 10.0 Å². The summed E-state index contributed by atoms with van der Waals surface area (Å²) in [5.41, 5.74) is 0.506. The van der Waals surface area contributed by atoms with Gasteiger partial charge in [-0.3, -0.25) is 4.98 Å². The molecule has 0 aliphatic carbocycles. The molecule has 0 aliphatic rings. The fourth-order valence-electron chi connectivity index (χ4n) is 1.43. The maximum atomic E-state index is 12.1. The lowest BCUT2D eigenvalue weighted by atomic mass is 10.4. The van der Waals surface area contributed by atoms with Crippen molar-refractivity contribution in [1.29, 1.82) is 0 Å². The first-order valence-electron chi connectivity index (χ1n) is 5.33. The Morgan fingerprint density at radius 1 is 1.39 bits per heavy atom. The number of H-pyrrole nitrogens is 1. The molecule has 18 heavy (non-hydrogen) atoms. The third kappa shape index (κ3) is 2.59. The Labute approximate surface area is 105 Å². The molecule has 2 heterocycles. The fraction of sp³-hybridized carbons (Fsp3) is 0.200. The Bertz CT molecular complexity index is 609. The second-order valence-corrected chi connectivity index (χ2v) is 5.10. The van der Waals surface area contributed by atoms with Gasteiger partial charge in [0.05, 0.1) is 5.69 Å². The molecule has 8 heteroatoms. The quantitative estimate of drug-likeness (QED) is 0.751. The zero-order chi connectivity index (χ0) is 13.0. The molecule has 2 aromatic heterocycles. The molecule has 0 bridgehead atoms. The molecular weight excluding hydrogens is 254 g/mol. The van der Waals surface area contributed by atoms with Gasteiger partial charge in [-0.05, 0) is 13.0 Å². The maximum Gasteiger partial charge on any atom is 0.267 e. The van der Waals surface area contributed by atoms with E-state index in [1.807, 2.05) is 6.92 Å². The molecule has 0 atom stereocenters. The number of aromatic amines is 1. The topological polar surface area (TPSA) is 99.8 Å². The van der Waals surface area contributed by atoms with Crippen molar-refractivity contribution in [2.45, 2.75) is 11.8 Å². The Morgan fingerprint density at radius 2 is 2.22 bits per heavy atom. The minimum atomic E-state index is -3.70. The number of sulfonamides is 1. The van der Waals surface area contributed by atoms with Crippen LogP contribution < -0.4 is 10.0 Å². The molecule has 0 aliphatic heterocycles. The third-order valence-corrected chi connectivity index (χ3v) is 3.54. The zero-order valence-corrected chi connectivity index (χ0v) is 10.5. The molecule has 0 radical (unpaired) electrons. The van der Waals surface area contributed by atoms with Gasteiger partial charge in [0.1, 0.15) is 4.90 Å². The van der Waals surface area contributed by atoms with Crippen LogP contribution in [0.3, 0.4) is 0 Å². The smallest absolute Gasteiger partial charge is 0.267 e. The molecule has 0 fully saturated rings. The molecule has 0 unspecified atom stereocenters. The Kier molecular flexibility index (Phi) is 3.47. The highest BCUT2D eigenvalue weighted by atomic mass is 32.2. The van der Waals surface area contributed by atoms with E-state index in [9.17, 15) is 8.42 Å². The van der Waals surface area contributed by atoms with Crippen molar-refractivity contribution in [2.24, 2.45) is 0 Å². The average Bonchev–Trinajstić information content (AvgIpc) is 2.82. The van der Waals surface area contributed by atoms with Gasteiger partial charge in [-0.2, -0.15) is 0 Å². The van der Waals surface area contributed by atoms with Gasteiger partial charge in [-0.1, -0.05) is 0 Å². The third-order valence-electron chi connectivity index (χ3n) is 2.17. The summed E-state index contributed by atoms with van der Waals surface area (Å²) in [5.74, 6) is 0.168. The number of rotatable bonds is 5. The first-order valence-corrected chi connectivity index (χ1v) is 6.82. The van der Waals surface area contributed by atoms with E-state index in [-0.39, 0.29) is 10.8 Å². The summed E-state index contributed by atoms with van der Waals surface area (Å²) < 4.78 is 26.6. The van der Waals surface area contributed by atoms with Crippen molar-refractivity contribution in [3.63, 3.8) is 0 Å². The number of hydrogen-bond donors (Lipinski definition) is 3. The van der Waals surface area contributed by atoms with Gasteiger partial charge < -0.3 is 10.3 Å². The van der Waals surface area contributed by atoms with Crippen molar-refractivity contribution < 1.29 is 8.42 Å². The van der Waals surface area contributed by atoms with Crippen LogP contribution >= 0.6 is 0 Å². The monoisotopic (exact) mass is 267 g/mol. The highest BCUT2D eigenvalue weighted by molar-refractivity contribution is 7.92. The van der Waals surface area contributed by atoms with Gasteiger partial charge in [-0.15, -0.1) is 0 Å². The van der Waals surface area contributed by atoms with E-state index in [4.69, 9.17) is 0 Å². The lowest BCUT2D eigenvalue weighted by molar-refractivity contribution is 0.600. The SMILES string of the molecule is CCNc1ccncc1S(=O)(=O)Nc1ncc[nH]1. The molecule has 0 amide bonds. The summed E-state index contributed by atoms with van der Waals surface area (Å²) in [6.45, 7) is 2.50. The fourth-order valence-corrected chi connectivity index (χ4v) is 2.54. The van der Waals surface area contributed by atoms with Gasteiger partial charge in [0.15, 0.2) is 0 Å². The minimum absolute atomic E-state index is 0.0863. The van der Waals surface area contributed by atoms with Crippen molar-refractivity contribution in [3.8, 4) is 0 Å². The van der Waals surface area contributed by atoms with Crippen molar-refractivity contribution >= 4 is 21.7 Å². The second-order valence-electron chi connectivity index (χ2n) is 3.45. The van der Waals surface area contributed by atoms with Crippen LogP contribution in [0.25, 0.3) is 0 Å². The highest BCUT2D eigenvalue weighted by Gasteiger charge is 2.19. The number of anilines is 2. The Hall–Kier alpha value is -2.09. The highest BCUT2D eigenvalue weighted by Crippen LogP contribution is 2.21. The summed E-state index contributed by atoms with van der Waals surface area (Å²) in [6, 6.07) is 1.61. The molecule has 3 N–H and O–H groups in total. The van der Waals surface area contributed by atoms with Crippen LogP contribution in [0.2, 0.25) is 0 Å². The summed E-state index contributed by atoms with van der Waals surface area (Å²) in [4.78, 5) is 10.4. The molecule has 0 saturated heterocycles. The standard InChI is InChI=1S/C10H13N5O2S/c1-2-12-8-3-4-11-7-9(8)18(16,17)15-10-13-5-6-14-10/h3-7H,2H2,1H3,(H,11,12)(H2,13,14,15). The predicted molar refractivity (Wildman–Crippen MR) is 67.8 cm³/mol. The number of aromatic nitrogens is 3. The molecule has 0 aromatic carbocycles. The molecule has 2 rings (SSSR count). The number of nitrogens with zero attached hydrogens (tertiary/aromatic N) is 2. The van der Waals surface area contributed by atoms with E-state index in [2.05, 4.69) is 25.0 Å². The summed E-state index contributed by atoms with van der Waals surface area (Å²) in [7, 11) is -3.70. The van der Waals surface area contributed by atoms with E-state index in [1.54, 1.807) is 6.07 Å². The lowest BCUT2D eigenvalue weighted by Gasteiger charge is -2.10. The van der Waals surface area contributed by atoms with Crippen LogP contribution in [0.1, 0.15) is 6.92 Å². The summed E-state index contributed by atoms with van der Waals surface area (Å²) in [5, 5.41) is 2.97. The first-order chi connectivity index (χ1) is 8.63. The van der Waals surface area contributed by atoms with Gasteiger partial charge in [-0.25, -0.2) is 18.1 Å². The molecule has 0 spiro atoms. The molecular formula is C10H13N5O2S. The van der Waals surface area contributed by atoms with Crippen molar-refractivity contribution in [2.75, 3.05) is 16.6 Å². The van der Waals surface area contributed by atoms with Crippen LogP contribution in [0.5, 0.6) is 0 Å². The summed E-state index contributed by atoms with van der Waals surface area (Å²) >= 11 is 0. The number of nitrogens with one attached hydrogen (secondary N) is 3. The maximum absolute atomic E-state index is 12.1. The molecule has 7 nitrogen and oxygen atoms in total. The zero-order valence-electron chi connectivity index (χ0n) is 9.71. The van der Waals surface area contributed by atoms with Gasteiger partial charge in [0.2, 0.25) is 5.95 Å². The van der Waals surface area contributed by atoms with Crippen molar-refractivity contribution in [1.82, 2.24) is 15.0 Å². The molecule has 2 aromatic rings. The molecule has 0 saturated carbocycles. The van der Waals surface area contributed by atoms with Crippen LogP contribution in [-0.2, 0) is 10.0 Å². The first kappa shape index (κ1) is 12.4. The normalized spacial score (nSPS) is 11.2.